The summed E-state index contributed by atoms with van der Waals surface area (Å²) in [6, 6.07) is 2.99. The summed E-state index contributed by atoms with van der Waals surface area (Å²) in [5.41, 5.74) is 9.14. The number of hydrogen-bond donors (Lipinski definition) is 4. The van der Waals surface area contributed by atoms with Crippen molar-refractivity contribution < 1.29 is 38.1 Å². The fourth-order valence-corrected chi connectivity index (χ4v) is 3.66. The van der Waals surface area contributed by atoms with Gasteiger partial charge in [0.25, 0.3) is 11.8 Å². The molecule has 50 heavy (non-hydrogen) atoms. The molecule has 15 heteroatoms. The van der Waals surface area contributed by atoms with Crippen LogP contribution in [0, 0.1) is 6.92 Å². The maximum absolute atomic E-state index is 12.4. The number of aldehydes is 1. The number of nitrogens with zero attached hydrogens (tertiary/aromatic N) is 3. The molecule has 2 amide bonds. The molecule has 0 radical (unpaired) electrons. The summed E-state index contributed by atoms with van der Waals surface area (Å²) in [6.45, 7) is 11.8. The van der Waals surface area contributed by atoms with Crippen LogP contribution < -0.4 is 31.6 Å². The highest BCUT2D eigenvalue weighted by atomic mass is 16.5. The number of amides is 2. The van der Waals surface area contributed by atoms with Gasteiger partial charge in [-0.15, -0.1) is 0 Å². The molecule has 2 aromatic heterocycles. The van der Waals surface area contributed by atoms with Gasteiger partial charge in [0, 0.05) is 26.5 Å². The molecule has 2 aromatic rings. The molecular formula is C35H59N7O8. The lowest BCUT2D eigenvalue weighted by Crippen LogP contribution is -2.51. The van der Waals surface area contributed by atoms with Crippen LogP contribution in [0.3, 0.4) is 0 Å². The fraction of sp³-hybridized carbons (Fsp3) is 0.629. The molecule has 2 atom stereocenters. The number of pyridine rings is 1. The maximum atomic E-state index is 12.4. The highest BCUT2D eigenvalue weighted by Gasteiger charge is 2.31. The standard InChI is InChI=1S/C17H27N3O4.C11H24N2O2.C7H8N2O2/c1-17(2,23-3)16(22)20-14(8-4-5-9-18)15(21)12-24-13-7-6-10-19-11-13;1-9(7-5-6-8-12)13-10(14)11(2,3)15-4;1-6-8-4-7(5-9-6)11-3-2-10/h6-7,10-11,14H,4-5,8-9,12,18H2,1-3H3,(H,20,22);9H,5-8,12H2,1-4H3,(H,13,14);2,4-5H,3H2,1H3. The van der Waals surface area contributed by atoms with Gasteiger partial charge in [0.15, 0.2) is 17.8 Å². The van der Waals surface area contributed by atoms with Crippen LogP contribution in [-0.4, -0.2) is 103 Å². The molecule has 15 nitrogen and oxygen atoms in total. The lowest BCUT2D eigenvalue weighted by Gasteiger charge is -2.25. The number of rotatable bonds is 21. The Kier molecular flexibility index (Phi) is 23.8. The molecule has 0 aliphatic rings. The number of methoxy groups -OCH3 is 2. The molecule has 0 aromatic carbocycles. The predicted octanol–water partition coefficient (Wildman–Crippen LogP) is 2.48. The van der Waals surface area contributed by atoms with Crippen molar-refractivity contribution in [3.05, 3.63) is 42.7 Å². The Morgan fingerprint density at radius 3 is 1.90 bits per heavy atom. The Balaban J connectivity index is 0.000000787. The Morgan fingerprint density at radius 1 is 0.840 bits per heavy atom. The lowest BCUT2D eigenvalue weighted by molar-refractivity contribution is -0.142. The van der Waals surface area contributed by atoms with Gasteiger partial charge in [0.2, 0.25) is 0 Å². The highest BCUT2D eigenvalue weighted by Crippen LogP contribution is 2.12. The van der Waals surface area contributed by atoms with Crippen LogP contribution in [0.25, 0.3) is 0 Å². The molecule has 0 saturated carbocycles. The van der Waals surface area contributed by atoms with Crippen molar-refractivity contribution in [3.63, 3.8) is 0 Å². The van der Waals surface area contributed by atoms with Gasteiger partial charge in [-0.3, -0.25) is 24.2 Å². The predicted molar refractivity (Wildman–Crippen MR) is 191 cm³/mol. The summed E-state index contributed by atoms with van der Waals surface area (Å²) in [5.74, 6) is 1.11. The van der Waals surface area contributed by atoms with Gasteiger partial charge in [-0.05, 0) is 98.9 Å². The average molecular weight is 706 g/mol. The first kappa shape index (κ1) is 46.0. The number of carbonyl (C=O) groups is 4. The summed E-state index contributed by atoms with van der Waals surface area (Å²) in [5, 5.41) is 5.68. The molecule has 2 rings (SSSR count). The normalized spacial score (nSPS) is 12.1. The number of ketones is 1. The minimum Gasteiger partial charge on any atom is -0.484 e. The molecule has 0 saturated heterocycles. The summed E-state index contributed by atoms with van der Waals surface area (Å²) in [6.07, 6.45) is 12.0. The zero-order chi connectivity index (χ0) is 38.0. The fourth-order valence-electron chi connectivity index (χ4n) is 3.66. The average Bonchev–Trinajstić information content (AvgIpc) is 3.11. The number of hydrogen-bond acceptors (Lipinski definition) is 13. The summed E-state index contributed by atoms with van der Waals surface area (Å²) >= 11 is 0. The first-order valence-electron chi connectivity index (χ1n) is 16.7. The summed E-state index contributed by atoms with van der Waals surface area (Å²) in [4.78, 5) is 57.9. The molecule has 6 N–H and O–H groups in total. The SMILES string of the molecule is COC(C)(C)C(=O)NC(C)CCCCN.COC(C)(C)C(=O)NC(CCCCN)C(=O)COc1cccnc1.Cc1ncc(OCC=O)cn1. The van der Waals surface area contributed by atoms with Crippen molar-refractivity contribution in [1.29, 1.82) is 0 Å². The van der Waals surface area contributed by atoms with E-state index in [0.29, 0.717) is 43.1 Å². The van der Waals surface area contributed by atoms with Crippen LogP contribution in [0.2, 0.25) is 0 Å². The van der Waals surface area contributed by atoms with Gasteiger partial charge in [0.1, 0.15) is 36.0 Å². The molecule has 0 fully saturated rings. The lowest BCUT2D eigenvalue weighted by atomic mass is 10.0. The largest absolute Gasteiger partial charge is 0.484 e. The topological polar surface area (TPSA) is 220 Å². The highest BCUT2D eigenvalue weighted by molar-refractivity contribution is 5.92. The van der Waals surface area contributed by atoms with E-state index in [2.05, 4.69) is 25.6 Å². The molecule has 0 aliphatic heterocycles. The van der Waals surface area contributed by atoms with E-state index >= 15 is 0 Å². The second-order valence-corrected chi connectivity index (χ2v) is 12.3. The number of unbranched alkanes of at least 4 members (excludes halogenated alkanes) is 2. The molecule has 2 heterocycles. The molecule has 0 spiro atoms. The molecule has 0 aliphatic carbocycles. The van der Waals surface area contributed by atoms with Gasteiger partial charge in [-0.1, -0.05) is 6.42 Å². The Morgan fingerprint density at radius 2 is 1.40 bits per heavy atom. The minimum atomic E-state index is -1.00. The van der Waals surface area contributed by atoms with E-state index in [1.165, 1.54) is 25.7 Å². The van der Waals surface area contributed by atoms with Crippen molar-refractivity contribution in [1.82, 2.24) is 25.6 Å². The number of aromatic nitrogens is 3. The number of carbonyl (C=O) groups excluding carboxylic acids is 4. The number of nitrogens with two attached hydrogens (primary N) is 2. The monoisotopic (exact) mass is 705 g/mol. The van der Waals surface area contributed by atoms with Crippen LogP contribution in [0.5, 0.6) is 11.5 Å². The van der Waals surface area contributed by atoms with Crippen molar-refractivity contribution in [2.75, 3.05) is 40.5 Å². The van der Waals surface area contributed by atoms with Crippen LogP contribution in [0.15, 0.2) is 36.9 Å². The molecule has 0 bridgehead atoms. The van der Waals surface area contributed by atoms with E-state index < -0.39 is 17.2 Å². The van der Waals surface area contributed by atoms with Crippen molar-refractivity contribution >= 4 is 23.9 Å². The zero-order valence-electron chi connectivity index (χ0n) is 31.0. The third-order valence-electron chi connectivity index (χ3n) is 7.31. The Hall–Kier alpha value is -4.05. The maximum Gasteiger partial charge on any atom is 0.252 e. The van der Waals surface area contributed by atoms with Gasteiger partial charge in [-0.2, -0.15) is 0 Å². The van der Waals surface area contributed by atoms with Crippen molar-refractivity contribution in [2.45, 2.75) is 103 Å². The number of ether oxygens (including phenoxy) is 4. The second-order valence-electron chi connectivity index (χ2n) is 12.3. The molecule has 282 valence electrons. The quantitative estimate of drug-likeness (QED) is 0.108. The minimum absolute atomic E-state index is 0.0480. The number of Topliss-reactive ketones (excluding diaryl/α,β-unsaturated/α-hetero) is 1. The van der Waals surface area contributed by atoms with Gasteiger partial charge < -0.3 is 41.0 Å². The molecular weight excluding hydrogens is 646 g/mol. The summed E-state index contributed by atoms with van der Waals surface area (Å²) in [7, 11) is 3.00. The first-order chi connectivity index (χ1) is 23.7. The molecule has 2 unspecified atom stereocenters. The number of aryl methyl sites for hydroxylation is 1. The summed E-state index contributed by atoms with van der Waals surface area (Å²) < 4.78 is 20.6. The Labute approximate surface area is 297 Å². The van der Waals surface area contributed by atoms with Crippen LogP contribution in [0.1, 0.15) is 79.0 Å². The van der Waals surface area contributed by atoms with E-state index in [1.807, 2.05) is 6.92 Å². The second kappa shape index (κ2) is 25.9. The van der Waals surface area contributed by atoms with Crippen LogP contribution in [-0.2, 0) is 28.7 Å². The smallest absolute Gasteiger partial charge is 0.252 e. The van der Waals surface area contributed by atoms with Gasteiger partial charge in [-0.25, -0.2) is 9.97 Å². The third kappa shape index (κ3) is 20.5. The van der Waals surface area contributed by atoms with E-state index in [4.69, 9.17) is 30.4 Å². The van der Waals surface area contributed by atoms with Crippen molar-refractivity contribution in [3.8, 4) is 11.5 Å². The van der Waals surface area contributed by atoms with E-state index in [1.54, 1.807) is 60.1 Å². The zero-order valence-corrected chi connectivity index (χ0v) is 31.0. The van der Waals surface area contributed by atoms with Crippen molar-refractivity contribution in [2.24, 2.45) is 11.5 Å². The third-order valence-corrected chi connectivity index (χ3v) is 7.31. The van der Waals surface area contributed by atoms with E-state index in [-0.39, 0.29) is 36.9 Å². The van der Waals surface area contributed by atoms with Crippen LogP contribution >= 0.6 is 0 Å². The first-order valence-corrected chi connectivity index (χ1v) is 16.7. The Bertz CT molecular complexity index is 1230. The number of nitrogens with one attached hydrogen (secondary N) is 2. The van der Waals surface area contributed by atoms with Crippen LogP contribution in [0.4, 0.5) is 0 Å². The van der Waals surface area contributed by atoms with E-state index in [0.717, 1.165) is 32.1 Å². The van der Waals surface area contributed by atoms with E-state index in [9.17, 15) is 19.2 Å². The van der Waals surface area contributed by atoms with Gasteiger partial charge in [0.05, 0.1) is 24.6 Å². The van der Waals surface area contributed by atoms with Gasteiger partial charge >= 0.3 is 0 Å².